The molecule has 0 bridgehead atoms. The summed E-state index contributed by atoms with van der Waals surface area (Å²) < 4.78 is 1.84. The number of carbonyl (C=O) groups excluding carboxylic acids is 2. The zero-order valence-electron chi connectivity index (χ0n) is 20.5. The second-order valence-electron chi connectivity index (χ2n) is 10.4. The number of amides is 2. The van der Waals surface area contributed by atoms with Crippen LogP contribution < -0.4 is 10.9 Å². The Balaban J connectivity index is 1.40. The first kappa shape index (κ1) is 24.6. The van der Waals surface area contributed by atoms with Gasteiger partial charge in [-0.25, -0.2) is 4.68 Å². The maximum Gasteiger partial charge on any atom is 0.283 e. The number of rotatable bonds is 6. The minimum Gasteiger partial charge on any atom is -0.380 e. The third kappa shape index (κ3) is 4.21. The van der Waals surface area contributed by atoms with Crippen LogP contribution in [0.1, 0.15) is 68.2 Å². The van der Waals surface area contributed by atoms with Crippen LogP contribution in [0.2, 0.25) is 0 Å². The molecule has 2 heterocycles. The Bertz CT molecular complexity index is 1140. The first-order valence-corrected chi connectivity index (χ1v) is 12.8. The number of anilines is 1. The van der Waals surface area contributed by atoms with Gasteiger partial charge in [0, 0.05) is 19.1 Å². The second kappa shape index (κ2) is 9.29. The number of fused-ring (bicyclic) bond motifs is 1. The molecule has 1 aliphatic heterocycles. The molecule has 0 saturated heterocycles. The van der Waals surface area contributed by atoms with Gasteiger partial charge in [-0.3, -0.25) is 19.3 Å². The molecule has 2 aromatic rings. The average Bonchev–Trinajstić information content (AvgIpc) is 3.05. The minimum absolute atomic E-state index is 0.225. The normalized spacial score (nSPS) is 26.0. The highest BCUT2D eigenvalue weighted by Crippen LogP contribution is 2.48. The van der Waals surface area contributed by atoms with Crippen molar-refractivity contribution in [3.8, 4) is 0 Å². The van der Waals surface area contributed by atoms with Gasteiger partial charge in [0.2, 0.25) is 0 Å². The van der Waals surface area contributed by atoms with Gasteiger partial charge in [-0.15, -0.1) is 0 Å². The van der Waals surface area contributed by atoms with Crippen molar-refractivity contribution in [1.82, 2.24) is 14.7 Å². The summed E-state index contributed by atoms with van der Waals surface area (Å²) in [6.45, 7) is 12.1. The number of halogens is 1. The molecule has 0 spiro atoms. The second-order valence-corrected chi connectivity index (χ2v) is 11.2. The molecule has 4 rings (SSSR count). The fraction of sp³-hybridized carbons (Fsp3) is 0.538. The van der Waals surface area contributed by atoms with Gasteiger partial charge in [-0.05, 0) is 64.1 Å². The summed E-state index contributed by atoms with van der Waals surface area (Å²) in [7, 11) is 0. The van der Waals surface area contributed by atoms with Crippen molar-refractivity contribution in [1.29, 1.82) is 0 Å². The molecule has 2 amide bonds. The number of aromatic nitrogens is 2. The van der Waals surface area contributed by atoms with Crippen LogP contribution in [0, 0.1) is 23.2 Å². The van der Waals surface area contributed by atoms with Gasteiger partial charge >= 0.3 is 0 Å². The van der Waals surface area contributed by atoms with E-state index >= 15 is 0 Å². The number of aryl methyl sites for hydroxylation is 1. The van der Waals surface area contributed by atoms with Crippen molar-refractivity contribution in [3.05, 3.63) is 56.4 Å². The number of hydrogen-bond acceptors (Lipinski definition) is 5. The van der Waals surface area contributed by atoms with E-state index in [-0.39, 0.29) is 35.4 Å². The lowest BCUT2D eigenvalue weighted by atomic mass is 9.58. The molecule has 2 aliphatic rings. The summed E-state index contributed by atoms with van der Waals surface area (Å²) in [5, 5.41) is 7.93. The molecular formula is C26H33BrN4O3. The predicted molar refractivity (Wildman–Crippen MR) is 136 cm³/mol. The zero-order valence-corrected chi connectivity index (χ0v) is 22.1. The van der Waals surface area contributed by atoms with Crippen LogP contribution in [0.4, 0.5) is 5.69 Å². The summed E-state index contributed by atoms with van der Waals surface area (Å²) in [4.78, 5) is 39.2. The standard InChI is InChI=1S/C26H33BrN4O3/c1-15-13-20(16(2)17(3)26(15,4)5)29-21-14-28-31(25(34)22(21)27)12-8-11-30-23(32)18-9-6-7-10-19(18)24(30)33/h6-7,9-10,14-17,20,29H,8,11-13H2,1-5H3/t15-,16+,17+,20+/m0/s1. The molecule has 1 aromatic heterocycles. The topological polar surface area (TPSA) is 84.3 Å². The first-order chi connectivity index (χ1) is 16.0. The molecular weight excluding hydrogens is 496 g/mol. The molecule has 1 aliphatic carbocycles. The lowest BCUT2D eigenvalue weighted by Gasteiger charge is -2.50. The van der Waals surface area contributed by atoms with E-state index in [1.54, 1.807) is 30.5 Å². The fourth-order valence-corrected chi connectivity index (χ4v) is 5.73. The highest BCUT2D eigenvalue weighted by molar-refractivity contribution is 9.10. The van der Waals surface area contributed by atoms with Gasteiger partial charge in [-0.1, -0.05) is 46.8 Å². The molecule has 1 N–H and O–H groups in total. The molecule has 0 radical (unpaired) electrons. The van der Waals surface area contributed by atoms with E-state index in [2.05, 4.69) is 61.0 Å². The lowest BCUT2D eigenvalue weighted by Crippen LogP contribution is -2.48. The Hall–Kier alpha value is -2.48. The fourth-order valence-electron chi connectivity index (χ4n) is 5.31. The van der Waals surface area contributed by atoms with Crippen LogP contribution >= 0.6 is 15.9 Å². The molecule has 182 valence electrons. The lowest BCUT2D eigenvalue weighted by molar-refractivity contribution is 0.0316. The van der Waals surface area contributed by atoms with Crippen molar-refractivity contribution in [2.45, 2.75) is 60.0 Å². The van der Waals surface area contributed by atoms with Gasteiger partial charge < -0.3 is 5.32 Å². The van der Waals surface area contributed by atoms with Crippen LogP contribution in [0.25, 0.3) is 0 Å². The third-order valence-corrected chi connectivity index (χ3v) is 9.20. The van der Waals surface area contributed by atoms with Crippen LogP contribution in [0.3, 0.4) is 0 Å². The van der Waals surface area contributed by atoms with Crippen LogP contribution in [0.5, 0.6) is 0 Å². The van der Waals surface area contributed by atoms with Gasteiger partial charge in [0.25, 0.3) is 17.4 Å². The summed E-state index contributed by atoms with van der Waals surface area (Å²) in [5.41, 5.74) is 1.63. The van der Waals surface area contributed by atoms with Crippen molar-refractivity contribution in [2.75, 3.05) is 11.9 Å². The molecule has 0 unspecified atom stereocenters. The molecule has 4 atom stereocenters. The Morgan fingerprint density at radius 2 is 1.68 bits per heavy atom. The maximum absolute atomic E-state index is 12.9. The maximum atomic E-state index is 12.9. The highest BCUT2D eigenvalue weighted by Gasteiger charge is 2.43. The Kier molecular flexibility index (Phi) is 6.73. The van der Waals surface area contributed by atoms with Crippen molar-refractivity contribution >= 4 is 33.4 Å². The zero-order chi connectivity index (χ0) is 24.8. The number of nitrogens with one attached hydrogen (secondary N) is 1. The number of carbonyl (C=O) groups is 2. The van der Waals surface area contributed by atoms with Gasteiger partial charge in [0.05, 0.1) is 23.0 Å². The molecule has 1 fully saturated rings. The predicted octanol–water partition coefficient (Wildman–Crippen LogP) is 4.81. The van der Waals surface area contributed by atoms with Crippen molar-refractivity contribution in [3.63, 3.8) is 0 Å². The number of benzene rings is 1. The SMILES string of the molecule is C[C@@H]1[C@@H](C)C(C)(C)[C@@H](C)C[C@H]1Nc1cnn(CCCN2C(=O)c3ccccc3C2=O)c(=O)c1Br. The molecule has 1 aromatic carbocycles. The van der Waals surface area contributed by atoms with Gasteiger partial charge in [0.15, 0.2) is 0 Å². The van der Waals surface area contributed by atoms with Gasteiger partial charge in [0.1, 0.15) is 4.47 Å². The highest BCUT2D eigenvalue weighted by atomic mass is 79.9. The molecule has 7 nitrogen and oxygen atoms in total. The number of imide groups is 1. The van der Waals surface area contributed by atoms with Gasteiger partial charge in [-0.2, -0.15) is 5.10 Å². The minimum atomic E-state index is -0.283. The van der Waals surface area contributed by atoms with E-state index < -0.39 is 0 Å². The monoisotopic (exact) mass is 528 g/mol. The van der Waals surface area contributed by atoms with E-state index in [4.69, 9.17) is 0 Å². The quantitative estimate of drug-likeness (QED) is 0.543. The van der Waals surface area contributed by atoms with Crippen LogP contribution in [0.15, 0.2) is 39.7 Å². The molecule has 8 heteroatoms. The summed E-state index contributed by atoms with van der Waals surface area (Å²) in [6.07, 6.45) is 3.17. The van der Waals surface area contributed by atoms with E-state index in [9.17, 15) is 14.4 Å². The first-order valence-electron chi connectivity index (χ1n) is 12.0. The van der Waals surface area contributed by atoms with E-state index in [1.807, 2.05) is 0 Å². The number of hydrogen-bond donors (Lipinski definition) is 1. The Labute approximate surface area is 209 Å². The van der Waals surface area contributed by atoms with E-state index in [0.29, 0.717) is 52.0 Å². The smallest absolute Gasteiger partial charge is 0.283 e. The molecule has 1 saturated carbocycles. The summed E-state index contributed by atoms with van der Waals surface area (Å²) >= 11 is 3.47. The van der Waals surface area contributed by atoms with Crippen molar-refractivity contribution < 1.29 is 9.59 Å². The Morgan fingerprint density at radius 1 is 1.06 bits per heavy atom. The van der Waals surface area contributed by atoms with Crippen LogP contribution in [-0.2, 0) is 6.54 Å². The third-order valence-electron chi connectivity index (χ3n) is 8.43. The van der Waals surface area contributed by atoms with Crippen molar-refractivity contribution in [2.24, 2.45) is 23.2 Å². The molecule has 34 heavy (non-hydrogen) atoms. The van der Waals surface area contributed by atoms with E-state index in [0.717, 1.165) is 6.42 Å². The summed E-state index contributed by atoms with van der Waals surface area (Å²) in [5.74, 6) is 0.999. The number of nitrogens with zero attached hydrogens (tertiary/aromatic N) is 3. The summed E-state index contributed by atoms with van der Waals surface area (Å²) in [6, 6.07) is 7.10. The Morgan fingerprint density at radius 3 is 2.29 bits per heavy atom. The van der Waals surface area contributed by atoms with E-state index in [1.165, 1.54) is 9.58 Å². The average molecular weight is 529 g/mol. The van der Waals surface area contributed by atoms with Crippen LogP contribution in [-0.4, -0.2) is 39.1 Å². The largest absolute Gasteiger partial charge is 0.380 e.